The van der Waals surface area contributed by atoms with Crippen LogP contribution in [0, 0.1) is 18.3 Å². The first-order chi connectivity index (χ1) is 8.81. The Morgan fingerprint density at radius 1 is 1.39 bits per heavy atom. The minimum Gasteiger partial charge on any atom is -0.375 e. The van der Waals surface area contributed by atoms with Crippen molar-refractivity contribution in [3.05, 3.63) is 46.8 Å². The van der Waals surface area contributed by atoms with Crippen molar-refractivity contribution in [3.63, 3.8) is 0 Å². The lowest BCUT2D eigenvalue weighted by Gasteiger charge is -2.15. The third-order valence-electron chi connectivity index (χ3n) is 3.27. The van der Waals surface area contributed by atoms with E-state index in [0.29, 0.717) is 18.9 Å². The molecular formula is C14H13N3O. The minimum atomic E-state index is 0.525. The van der Waals surface area contributed by atoms with Crippen LogP contribution in [0.2, 0.25) is 0 Å². The summed E-state index contributed by atoms with van der Waals surface area (Å²) in [6.45, 7) is 3.23. The van der Waals surface area contributed by atoms with E-state index in [9.17, 15) is 0 Å². The van der Waals surface area contributed by atoms with Gasteiger partial charge >= 0.3 is 0 Å². The van der Waals surface area contributed by atoms with Gasteiger partial charge in [0, 0.05) is 12.0 Å². The molecule has 1 aromatic heterocycles. The van der Waals surface area contributed by atoms with E-state index >= 15 is 0 Å². The number of fused-ring (bicyclic) bond motifs is 1. The zero-order chi connectivity index (χ0) is 12.5. The molecule has 0 N–H and O–H groups in total. The van der Waals surface area contributed by atoms with E-state index in [1.54, 1.807) is 0 Å². The third-order valence-corrected chi connectivity index (χ3v) is 3.27. The highest BCUT2D eigenvalue weighted by Crippen LogP contribution is 2.24. The van der Waals surface area contributed by atoms with E-state index in [1.165, 1.54) is 0 Å². The number of rotatable bonds is 1. The summed E-state index contributed by atoms with van der Waals surface area (Å²) in [5.74, 6) is 0. The molecule has 1 aliphatic rings. The normalized spacial score (nSPS) is 14.0. The topological polar surface area (TPSA) is 50.8 Å². The monoisotopic (exact) mass is 239 g/mol. The van der Waals surface area contributed by atoms with Crippen LogP contribution < -0.4 is 0 Å². The average molecular weight is 239 g/mol. The highest BCUT2D eigenvalue weighted by molar-refractivity contribution is 5.45. The van der Waals surface area contributed by atoms with E-state index in [-0.39, 0.29) is 0 Å². The van der Waals surface area contributed by atoms with Crippen LogP contribution in [0.25, 0.3) is 5.69 Å². The van der Waals surface area contributed by atoms with Crippen LogP contribution in [-0.2, 0) is 17.8 Å². The maximum atomic E-state index is 9.16. The third kappa shape index (κ3) is 1.60. The smallest absolute Gasteiger partial charge is 0.166 e. The first kappa shape index (κ1) is 11.0. The largest absolute Gasteiger partial charge is 0.375 e. The van der Waals surface area contributed by atoms with Crippen molar-refractivity contribution < 1.29 is 4.74 Å². The Kier molecular flexibility index (Phi) is 2.62. The molecule has 18 heavy (non-hydrogen) atoms. The summed E-state index contributed by atoms with van der Waals surface area (Å²) in [6.07, 6.45) is 0.768. The quantitative estimate of drug-likeness (QED) is 0.766. The fourth-order valence-corrected chi connectivity index (χ4v) is 2.33. The summed E-state index contributed by atoms with van der Waals surface area (Å²) in [5, 5.41) is 13.6. The molecule has 2 aromatic rings. The van der Waals surface area contributed by atoms with Crippen LogP contribution in [0.5, 0.6) is 0 Å². The van der Waals surface area contributed by atoms with E-state index < -0.39 is 0 Å². The molecule has 0 aliphatic carbocycles. The van der Waals surface area contributed by atoms with Crippen LogP contribution in [0.1, 0.15) is 22.5 Å². The Morgan fingerprint density at radius 2 is 2.22 bits per heavy atom. The number of aromatic nitrogens is 2. The Hall–Kier alpha value is -2.12. The molecule has 0 atom stereocenters. The minimum absolute atomic E-state index is 0.525. The van der Waals surface area contributed by atoms with Gasteiger partial charge in [-0.2, -0.15) is 10.4 Å². The van der Waals surface area contributed by atoms with Gasteiger partial charge in [-0.1, -0.05) is 18.2 Å². The van der Waals surface area contributed by atoms with Gasteiger partial charge in [0.05, 0.1) is 24.6 Å². The molecule has 0 fully saturated rings. The zero-order valence-corrected chi connectivity index (χ0v) is 10.2. The summed E-state index contributed by atoms with van der Waals surface area (Å²) >= 11 is 0. The molecule has 0 saturated heterocycles. The van der Waals surface area contributed by atoms with E-state index in [1.807, 2.05) is 35.9 Å². The second kappa shape index (κ2) is 4.28. The van der Waals surface area contributed by atoms with Crippen molar-refractivity contribution in [2.24, 2.45) is 0 Å². The molecule has 0 amide bonds. The van der Waals surface area contributed by atoms with Crippen molar-refractivity contribution >= 4 is 0 Å². The maximum Gasteiger partial charge on any atom is 0.166 e. The summed E-state index contributed by atoms with van der Waals surface area (Å²) in [5.41, 5.74) is 4.72. The Balaban J connectivity index is 2.22. The molecule has 0 bridgehead atoms. The standard InChI is InChI=1S/C14H13N3O/c1-10-4-2-3-5-13(10)17-14-9-18-7-6-11(14)12(8-15)16-17/h2-5H,6-7,9H2,1H3. The molecule has 1 aliphatic heterocycles. The first-order valence-electron chi connectivity index (χ1n) is 5.96. The predicted molar refractivity (Wildman–Crippen MR) is 66.4 cm³/mol. The second-order valence-electron chi connectivity index (χ2n) is 4.39. The van der Waals surface area contributed by atoms with E-state index in [2.05, 4.69) is 11.2 Å². The Morgan fingerprint density at radius 3 is 3.00 bits per heavy atom. The number of hydrogen-bond donors (Lipinski definition) is 0. The number of para-hydroxylation sites is 1. The molecule has 1 aromatic carbocycles. The number of hydrogen-bond acceptors (Lipinski definition) is 3. The molecule has 0 saturated carbocycles. The van der Waals surface area contributed by atoms with E-state index in [4.69, 9.17) is 10.00 Å². The number of ether oxygens (including phenoxy) is 1. The highest BCUT2D eigenvalue weighted by Gasteiger charge is 2.22. The molecule has 3 rings (SSSR count). The van der Waals surface area contributed by atoms with E-state index in [0.717, 1.165) is 28.9 Å². The molecule has 0 unspecified atom stereocenters. The maximum absolute atomic E-state index is 9.16. The zero-order valence-electron chi connectivity index (χ0n) is 10.2. The van der Waals surface area contributed by atoms with Gasteiger partial charge < -0.3 is 4.74 Å². The van der Waals surface area contributed by atoms with Gasteiger partial charge in [0.1, 0.15) is 6.07 Å². The lowest BCUT2D eigenvalue weighted by Crippen LogP contribution is -2.13. The lowest BCUT2D eigenvalue weighted by molar-refractivity contribution is 0.106. The van der Waals surface area contributed by atoms with Crippen molar-refractivity contribution in [3.8, 4) is 11.8 Å². The summed E-state index contributed by atoms with van der Waals surface area (Å²) in [4.78, 5) is 0. The van der Waals surface area contributed by atoms with Gasteiger partial charge in [0.15, 0.2) is 5.69 Å². The van der Waals surface area contributed by atoms with Crippen LogP contribution >= 0.6 is 0 Å². The molecule has 0 radical (unpaired) electrons. The molecule has 90 valence electrons. The van der Waals surface area contributed by atoms with Crippen molar-refractivity contribution in [2.45, 2.75) is 20.0 Å². The SMILES string of the molecule is Cc1ccccc1-n1nc(C#N)c2c1COCC2. The first-order valence-corrected chi connectivity index (χ1v) is 5.96. The van der Waals surface area contributed by atoms with Crippen LogP contribution in [0.15, 0.2) is 24.3 Å². The lowest BCUT2D eigenvalue weighted by atomic mass is 10.1. The number of nitrogens with zero attached hydrogens (tertiary/aromatic N) is 3. The highest BCUT2D eigenvalue weighted by atomic mass is 16.5. The molecule has 2 heterocycles. The Bertz CT molecular complexity index is 637. The molecule has 4 heteroatoms. The predicted octanol–water partition coefficient (Wildman–Crippen LogP) is 2.13. The van der Waals surface area contributed by atoms with Crippen molar-refractivity contribution in [2.75, 3.05) is 6.61 Å². The number of benzene rings is 1. The molecule has 0 spiro atoms. The van der Waals surface area contributed by atoms with Gasteiger partial charge in [0.25, 0.3) is 0 Å². The van der Waals surface area contributed by atoms with Gasteiger partial charge in [-0.15, -0.1) is 0 Å². The van der Waals surface area contributed by atoms with Crippen molar-refractivity contribution in [1.29, 1.82) is 5.26 Å². The number of aryl methyl sites for hydroxylation is 1. The summed E-state index contributed by atoms with van der Waals surface area (Å²) in [7, 11) is 0. The van der Waals surface area contributed by atoms with Crippen LogP contribution in [0.3, 0.4) is 0 Å². The fraction of sp³-hybridized carbons (Fsp3) is 0.286. The van der Waals surface area contributed by atoms with Crippen molar-refractivity contribution in [1.82, 2.24) is 9.78 Å². The van der Waals surface area contributed by atoms with Gasteiger partial charge in [0.2, 0.25) is 0 Å². The second-order valence-corrected chi connectivity index (χ2v) is 4.39. The number of nitriles is 1. The van der Waals surface area contributed by atoms with Gasteiger partial charge in [-0.05, 0) is 18.6 Å². The Labute approximate surface area is 105 Å². The fourth-order valence-electron chi connectivity index (χ4n) is 2.33. The summed E-state index contributed by atoms with van der Waals surface area (Å²) < 4.78 is 7.34. The summed E-state index contributed by atoms with van der Waals surface area (Å²) in [6, 6.07) is 10.2. The average Bonchev–Trinajstić information content (AvgIpc) is 2.78. The van der Waals surface area contributed by atoms with Crippen LogP contribution in [0.4, 0.5) is 0 Å². The molecule has 4 nitrogen and oxygen atoms in total. The van der Waals surface area contributed by atoms with Gasteiger partial charge in [-0.3, -0.25) is 0 Å². The molecular weight excluding hydrogens is 226 g/mol. The van der Waals surface area contributed by atoms with Gasteiger partial charge in [-0.25, -0.2) is 4.68 Å². The van der Waals surface area contributed by atoms with Crippen LogP contribution in [-0.4, -0.2) is 16.4 Å².